The van der Waals surface area contributed by atoms with E-state index in [0.717, 1.165) is 16.9 Å². The van der Waals surface area contributed by atoms with E-state index in [4.69, 9.17) is 22.2 Å². The van der Waals surface area contributed by atoms with Gasteiger partial charge in [0.1, 0.15) is 5.75 Å². The Kier molecular flexibility index (Phi) is 6.43. The Morgan fingerprint density at radius 1 is 1.25 bits per heavy atom. The van der Waals surface area contributed by atoms with Gasteiger partial charge < -0.3 is 15.9 Å². The third-order valence-electron chi connectivity index (χ3n) is 4.08. The second kappa shape index (κ2) is 8.99. The molecule has 0 aliphatic heterocycles. The summed E-state index contributed by atoms with van der Waals surface area (Å²) in [4.78, 5) is 12.4. The van der Waals surface area contributed by atoms with Crippen LogP contribution in [0.3, 0.4) is 0 Å². The maximum atomic E-state index is 12.4. The van der Waals surface area contributed by atoms with Crippen molar-refractivity contribution in [2.24, 2.45) is 0 Å². The molecule has 9 heteroatoms. The third kappa shape index (κ3) is 4.58. The first-order valence-electron chi connectivity index (χ1n) is 8.52. The summed E-state index contributed by atoms with van der Waals surface area (Å²) in [7, 11) is 1.60. The molecule has 0 spiro atoms. The van der Waals surface area contributed by atoms with Gasteiger partial charge in [0.15, 0.2) is 5.82 Å². The first-order chi connectivity index (χ1) is 13.5. The van der Waals surface area contributed by atoms with Crippen molar-refractivity contribution in [3.05, 3.63) is 59.1 Å². The van der Waals surface area contributed by atoms with Gasteiger partial charge in [0, 0.05) is 17.1 Å². The van der Waals surface area contributed by atoms with Crippen LogP contribution in [-0.2, 0) is 11.3 Å². The SMILES string of the molecule is COc1ccc(-c2nnc(SC(C)C(=O)NCc3ccccc3Cl)n2N)cc1. The number of thioether (sulfide) groups is 1. The van der Waals surface area contributed by atoms with Gasteiger partial charge in [-0.3, -0.25) is 4.79 Å². The molecule has 1 unspecified atom stereocenters. The summed E-state index contributed by atoms with van der Waals surface area (Å²) in [6.07, 6.45) is 0. The number of ether oxygens (including phenoxy) is 1. The second-order valence-electron chi connectivity index (χ2n) is 5.97. The van der Waals surface area contributed by atoms with E-state index in [0.29, 0.717) is 22.5 Å². The fraction of sp³-hybridized carbons (Fsp3) is 0.211. The van der Waals surface area contributed by atoms with Crippen molar-refractivity contribution >= 4 is 29.3 Å². The van der Waals surface area contributed by atoms with Crippen molar-refractivity contribution in [2.75, 3.05) is 13.0 Å². The number of nitrogen functional groups attached to an aromatic ring is 1. The summed E-state index contributed by atoms with van der Waals surface area (Å²) in [6, 6.07) is 14.7. The van der Waals surface area contributed by atoms with E-state index in [1.165, 1.54) is 16.4 Å². The maximum Gasteiger partial charge on any atom is 0.233 e. The number of methoxy groups -OCH3 is 1. The molecule has 28 heavy (non-hydrogen) atoms. The molecule has 3 N–H and O–H groups in total. The quantitative estimate of drug-likeness (QED) is 0.453. The van der Waals surface area contributed by atoms with Crippen LogP contribution < -0.4 is 15.9 Å². The van der Waals surface area contributed by atoms with Crippen molar-refractivity contribution in [3.8, 4) is 17.1 Å². The lowest BCUT2D eigenvalue weighted by molar-refractivity contribution is -0.120. The topological polar surface area (TPSA) is 95.1 Å². The number of nitrogens with two attached hydrogens (primary N) is 1. The smallest absolute Gasteiger partial charge is 0.233 e. The number of benzene rings is 2. The molecule has 0 bridgehead atoms. The highest BCUT2D eigenvalue weighted by molar-refractivity contribution is 8.00. The van der Waals surface area contributed by atoms with Crippen LogP contribution in [0.5, 0.6) is 5.75 Å². The predicted octanol–water partition coefficient (Wildman–Crippen LogP) is 3.12. The van der Waals surface area contributed by atoms with E-state index in [1.54, 1.807) is 20.1 Å². The molecule has 0 aliphatic rings. The maximum absolute atomic E-state index is 12.4. The van der Waals surface area contributed by atoms with E-state index >= 15 is 0 Å². The number of nitrogens with one attached hydrogen (secondary N) is 1. The lowest BCUT2D eigenvalue weighted by atomic mass is 10.2. The fourth-order valence-corrected chi connectivity index (χ4v) is 3.47. The average Bonchev–Trinajstić information content (AvgIpc) is 3.07. The van der Waals surface area contributed by atoms with E-state index < -0.39 is 5.25 Å². The van der Waals surface area contributed by atoms with Crippen LogP contribution in [0, 0.1) is 0 Å². The van der Waals surface area contributed by atoms with Gasteiger partial charge >= 0.3 is 0 Å². The number of carbonyl (C=O) groups is 1. The Morgan fingerprint density at radius 2 is 1.96 bits per heavy atom. The van der Waals surface area contributed by atoms with Crippen molar-refractivity contribution < 1.29 is 9.53 Å². The molecule has 0 saturated heterocycles. The molecule has 3 rings (SSSR count). The molecule has 2 aromatic carbocycles. The molecule has 1 aromatic heterocycles. The van der Waals surface area contributed by atoms with Gasteiger partial charge in [-0.1, -0.05) is 41.6 Å². The van der Waals surface area contributed by atoms with Crippen molar-refractivity contribution in [3.63, 3.8) is 0 Å². The van der Waals surface area contributed by atoms with E-state index in [9.17, 15) is 4.79 Å². The Labute approximate surface area is 172 Å². The molecule has 1 atom stereocenters. The number of hydrogen-bond donors (Lipinski definition) is 2. The minimum atomic E-state index is -0.405. The number of carbonyl (C=O) groups excluding carboxylic acids is 1. The second-order valence-corrected chi connectivity index (χ2v) is 7.69. The highest BCUT2D eigenvalue weighted by Crippen LogP contribution is 2.26. The van der Waals surface area contributed by atoms with Crippen LogP contribution in [0.4, 0.5) is 0 Å². The monoisotopic (exact) mass is 417 g/mol. The fourth-order valence-electron chi connectivity index (χ4n) is 2.47. The standard InChI is InChI=1S/C19H20ClN5O2S/c1-12(18(26)22-11-14-5-3-4-6-16(14)20)28-19-24-23-17(25(19)21)13-7-9-15(27-2)10-8-13/h3-10,12H,11,21H2,1-2H3,(H,22,26). The van der Waals surface area contributed by atoms with Gasteiger partial charge in [0.25, 0.3) is 0 Å². The average molecular weight is 418 g/mol. The highest BCUT2D eigenvalue weighted by Gasteiger charge is 2.20. The Bertz CT molecular complexity index is 961. The summed E-state index contributed by atoms with van der Waals surface area (Å²) in [5.74, 6) is 7.24. The summed E-state index contributed by atoms with van der Waals surface area (Å²) in [5, 5.41) is 11.8. The molecule has 1 heterocycles. The summed E-state index contributed by atoms with van der Waals surface area (Å²) in [6.45, 7) is 2.14. The van der Waals surface area contributed by atoms with Crippen molar-refractivity contribution in [1.29, 1.82) is 0 Å². The zero-order valence-corrected chi connectivity index (χ0v) is 17.0. The number of rotatable bonds is 7. The molecular weight excluding hydrogens is 398 g/mol. The largest absolute Gasteiger partial charge is 0.497 e. The van der Waals surface area contributed by atoms with Crippen LogP contribution in [0.25, 0.3) is 11.4 Å². The Morgan fingerprint density at radius 3 is 2.64 bits per heavy atom. The summed E-state index contributed by atoms with van der Waals surface area (Å²) < 4.78 is 6.53. The summed E-state index contributed by atoms with van der Waals surface area (Å²) in [5.41, 5.74) is 1.66. The molecule has 3 aromatic rings. The number of amides is 1. The molecule has 0 saturated carbocycles. The molecule has 146 valence electrons. The normalized spacial score (nSPS) is 11.8. The minimum absolute atomic E-state index is 0.140. The van der Waals surface area contributed by atoms with E-state index in [-0.39, 0.29) is 5.91 Å². The van der Waals surface area contributed by atoms with Gasteiger partial charge in [0.05, 0.1) is 12.4 Å². The first kappa shape index (κ1) is 20.0. The van der Waals surface area contributed by atoms with Crippen LogP contribution in [0.15, 0.2) is 53.7 Å². The third-order valence-corrected chi connectivity index (χ3v) is 5.50. The predicted molar refractivity (Wildman–Crippen MR) is 111 cm³/mol. The number of aromatic nitrogens is 3. The van der Waals surface area contributed by atoms with Gasteiger partial charge in [-0.15, -0.1) is 10.2 Å². The molecule has 0 radical (unpaired) electrons. The van der Waals surface area contributed by atoms with Gasteiger partial charge in [-0.2, -0.15) is 0 Å². The van der Waals surface area contributed by atoms with E-state index in [2.05, 4.69) is 15.5 Å². The van der Waals surface area contributed by atoms with Crippen LogP contribution in [0.1, 0.15) is 12.5 Å². The number of halogens is 1. The number of hydrogen-bond acceptors (Lipinski definition) is 6. The van der Waals surface area contributed by atoms with E-state index in [1.807, 2.05) is 42.5 Å². The molecular formula is C19H20ClN5O2S. The number of nitrogens with zero attached hydrogens (tertiary/aromatic N) is 3. The molecule has 0 aliphatic carbocycles. The van der Waals surface area contributed by atoms with Crippen LogP contribution >= 0.6 is 23.4 Å². The lowest BCUT2D eigenvalue weighted by Crippen LogP contribution is -2.31. The zero-order valence-electron chi connectivity index (χ0n) is 15.4. The van der Waals surface area contributed by atoms with Crippen LogP contribution in [-0.4, -0.2) is 33.1 Å². The molecule has 1 amide bonds. The van der Waals surface area contributed by atoms with Gasteiger partial charge in [-0.25, -0.2) is 4.68 Å². The molecule has 0 fully saturated rings. The van der Waals surface area contributed by atoms with Crippen molar-refractivity contribution in [1.82, 2.24) is 20.2 Å². The zero-order chi connectivity index (χ0) is 20.1. The highest BCUT2D eigenvalue weighted by atomic mass is 35.5. The molecule has 7 nitrogen and oxygen atoms in total. The minimum Gasteiger partial charge on any atom is -0.497 e. The van der Waals surface area contributed by atoms with Crippen molar-refractivity contribution in [2.45, 2.75) is 23.9 Å². The van der Waals surface area contributed by atoms with Crippen LogP contribution in [0.2, 0.25) is 5.02 Å². The van der Waals surface area contributed by atoms with Gasteiger partial charge in [0.2, 0.25) is 11.1 Å². The first-order valence-corrected chi connectivity index (χ1v) is 9.78. The Hall–Kier alpha value is -2.71. The Balaban J connectivity index is 1.63. The summed E-state index contributed by atoms with van der Waals surface area (Å²) >= 11 is 7.35. The lowest BCUT2D eigenvalue weighted by Gasteiger charge is -2.12. The van der Waals surface area contributed by atoms with Gasteiger partial charge in [-0.05, 0) is 42.8 Å².